The number of carbonyl (C=O) groups excluding carboxylic acids is 3. The van der Waals surface area contributed by atoms with Crippen molar-refractivity contribution >= 4 is 23.5 Å². The van der Waals surface area contributed by atoms with Gasteiger partial charge in [-0.1, -0.05) is 13.0 Å². The maximum atomic E-state index is 13.5. The average Bonchev–Trinajstić information content (AvgIpc) is 2.86. The fourth-order valence-corrected chi connectivity index (χ4v) is 3.97. The fraction of sp³-hybridized carbons (Fsp3) is 0.462. The summed E-state index contributed by atoms with van der Waals surface area (Å²) < 4.78 is 6.42. The van der Waals surface area contributed by atoms with Crippen molar-refractivity contribution in [2.45, 2.75) is 45.9 Å². The molecule has 0 spiro atoms. The Bertz CT molecular complexity index is 1080. The number of aliphatic hydroxyl groups excluding tert-OH is 1. The molecule has 0 unspecified atom stereocenters. The lowest BCUT2D eigenvalue weighted by molar-refractivity contribution is 0.0368. The summed E-state index contributed by atoms with van der Waals surface area (Å²) in [4.78, 5) is 46.1. The number of carbonyl (C=O) groups is 3. The smallest absolute Gasteiger partial charge is 0.317 e. The highest BCUT2D eigenvalue weighted by atomic mass is 16.5. The van der Waals surface area contributed by atoms with Crippen molar-refractivity contribution in [3.05, 3.63) is 53.9 Å². The van der Waals surface area contributed by atoms with Gasteiger partial charge in [0.1, 0.15) is 6.10 Å². The van der Waals surface area contributed by atoms with Gasteiger partial charge in [0.15, 0.2) is 5.75 Å². The van der Waals surface area contributed by atoms with Crippen LogP contribution in [0.25, 0.3) is 0 Å². The van der Waals surface area contributed by atoms with E-state index in [2.05, 4.69) is 15.6 Å². The van der Waals surface area contributed by atoms with E-state index in [1.54, 1.807) is 54.1 Å². The molecule has 2 heterocycles. The normalized spacial score (nSPS) is 18.4. The van der Waals surface area contributed by atoms with E-state index in [0.717, 1.165) is 0 Å². The number of urea groups is 1. The number of aliphatic hydroxyl groups is 1. The molecule has 0 fully saturated rings. The summed E-state index contributed by atoms with van der Waals surface area (Å²) in [5.74, 6) is -0.631. The summed E-state index contributed by atoms with van der Waals surface area (Å²) in [6, 6.07) is 7.47. The number of benzene rings is 1. The maximum Gasteiger partial charge on any atom is 0.317 e. The minimum atomic E-state index is -0.493. The molecule has 10 nitrogen and oxygen atoms in total. The lowest BCUT2D eigenvalue weighted by atomic mass is 9.99. The number of anilines is 1. The van der Waals surface area contributed by atoms with Crippen molar-refractivity contribution in [2.24, 2.45) is 5.92 Å². The van der Waals surface area contributed by atoms with Crippen LogP contribution in [-0.2, 0) is 0 Å². The molecule has 1 aromatic heterocycles. The molecule has 0 saturated heterocycles. The first-order chi connectivity index (χ1) is 17.1. The van der Waals surface area contributed by atoms with E-state index < -0.39 is 12.1 Å². The van der Waals surface area contributed by atoms with Crippen molar-refractivity contribution in [1.82, 2.24) is 20.1 Å². The number of hydrogen-bond acceptors (Lipinski definition) is 6. The van der Waals surface area contributed by atoms with Gasteiger partial charge >= 0.3 is 6.03 Å². The largest absolute Gasteiger partial charge is 0.485 e. The number of hydrogen-bond donors (Lipinski definition) is 3. The van der Waals surface area contributed by atoms with Gasteiger partial charge in [-0.2, -0.15) is 0 Å². The number of pyridine rings is 1. The number of fused-ring (bicyclic) bond motifs is 1. The Morgan fingerprint density at radius 2 is 1.92 bits per heavy atom. The first kappa shape index (κ1) is 26.9. The van der Waals surface area contributed by atoms with E-state index in [1.807, 2.05) is 20.8 Å². The van der Waals surface area contributed by atoms with Gasteiger partial charge in [-0.05, 0) is 45.0 Å². The molecule has 0 aliphatic carbocycles. The second-order valence-corrected chi connectivity index (χ2v) is 9.48. The Hall–Kier alpha value is -3.66. The molecule has 4 amide bonds. The number of nitrogens with one attached hydrogen (secondary N) is 2. The molecule has 0 bridgehead atoms. The van der Waals surface area contributed by atoms with Gasteiger partial charge in [0.25, 0.3) is 11.8 Å². The highest BCUT2D eigenvalue weighted by Gasteiger charge is 2.35. The van der Waals surface area contributed by atoms with Gasteiger partial charge in [0.05, 0.1) is 30.4 Å². The summed E-state index contributed by atoms with van der Waals surface area (Å²) in [7, 11) is 1.68. The second-order valence-electron chi connectivity index (χ2n) is 9.48. The monoisotopic (exact) mass is 497 g/mol. The molecule has 1 aliphatic rings. The third-order valence-corrected chi connectivity index (χ3v) is 6.09. The van der Waals surface area contributed by atoms with Crippen LogP contribution in [0.15, 0.2) is 42.7 Å². The van der Waals surface area contributed by atoms with Crippen LogP contribution in [0.4, 0.5) is 10.5 Å². The van der Waals surface area contributed by atoms with E-state index in [0.29, 0.717) is 17.8 Å². The molecule has 0 radical (unpaired) electrons. The van der Waals surface area contributed by atoms with Crippen LogP contribution in [-0.4, -0.2) is 82.7 Å². The summed E-state index contributed by atoms with van der Waals surface area (Å²) in [5.41, 5.74) is 1.02. The molecule has 36 heavy (non-hydrogen) atoms. The number of likely N-dealkylation sites (N-methyl/N-ethyl adjacent to an activating group) is 1. The van der Waals surface area contributed by atoms with Gasteiger partial charge in [0.2, 0.25) is 0 Å². The minimum absolute atomic E-state index is 0.0233. The van der Waals surface area contributed by atoms with Crippen molar-refractivity contribution in [3.63, 3.8) is 0 Å². The predicted octanol–water partition coefficient (Wildman–Crippen LogP) is 2.60. The van der Waals surface area contributed by atoms with E-state index >= 15 is 0 Å². The van der Waals surface area contributed by atoms with E-state index in [9.17, 15) is 19.5 Å². The molecular weight excluding hydrogens is 462 g/mol. The van der Waals surface area contributed by atoms with E-state index in [-0.39, 0.29) is 54.3 Å². The zero-order valence-corrected chi connectivity index (χ0v) is 21.4. The van der Waals surface area contributed by atoms with Gasteiger partial charge < -0.3 is 30.3 Å². The van der Waals surface area contributed by atoms with Crippen LogP contribution in [0, 0.1) is 5.92 Å². The number of ether oxygens (including phenoxy) is 1. The van der Waals surface area contributed by atoms with Gasteiger partial charge in [-0.3, -0.25) is 14.6 Å². The number of amides is 4. The van der Waals surface area contributed by atoms with Crippen LogP contribution in [0.2, 0.25) is 0 Å². The number of nitrogens with zero attached hydrogens (tertiary/aromatic N) is 3. The zero-order chi connectivity index (χ0) is 26.4. The van der Waals surface area contributed by atoms with Crippen LogP contribution in [0.5, 0.6) is 5.75 Å². The first-order valence-corrected chi connectivity index (χ1v) is 12.1. The topological polar surface area (TPSA) is 124 Å². The second kappa shape index (κ2) is 11.9. The molecule has 3 atom stereocenters. The summed E-state index contributed by atoms with van der Waals surface area (Å²) >= 11 is 0. The van der Waals surface area contributed by atoms with Gasteiger partial charge in [-0.15, -0.1) is 0 Å². The number of rotatable bonds is 7. The molecule has 3 N–H and O–H groups in total. The van der Waals surface area contributed by atoms with Gasteiger partial charge in [-0.25, -0.2) is 4.79 Å². The molecule has 10 heteroatoms. The summed E-state index contributed by atoms with van der Waals surface area (Å²) in [6.45, 7) is 7.86. The van der Waals surface area contributed by atoms with E-state index in [4.69, 9.17) is 4.74 Å². The van der Waals surface area contributed by atoms with Crippen LogP contribution in [0.3, 0.4) is 0 Å². The van der Waals surface area contributed by atoms with E-state index in [1.165, 1.54) is 12.4 Å². The van der Waals surface area contributed by atoms with Crippen molar-refractivity contribution in [3.8, 4) is 5.75 Å². The van der Waals surface area contributed by atoms with Crippen LogP contribution < -0.4 is 15.4 Å². The molecule has 0 saturated carbocycles. The lowest BCUT2D eigenvalue weighted by Gasteiger charge is -2.38. The third-order valence-electron chi connectivity index (χ3n) is 6.09. The maximum absolute atomic E-state index is 13.5. The van der Waals surface area contributed by atoms with Gasteiger partial charge in [0, 0.05) is 43.5 Å². The highest BCUT2D eigenvalue weighted by Crippen LogP contribution is 2.35. The first-order valence-electron chi connectivity index (χ1n) is 12.1. The molecule has 194 valence electrons. The Kier molecular flexibility index (Phi) is 8.87. The zero-order valence-electron chi connectivity index (χ0n) is 21.4. The fourth-order valence-electron chi connectivity index (χ4n) is 3.97. The Morgan fingerprint density at radius 3 is 2.56 bits per heavy atom. The Balaban J connectivity index is 2.00. The van der Waals surface area contributed by atoms with Crippen molar-refractivity contribution in [2.75, 3.05) is 32.1 Å². The van der Waals surface area contributed by atoms with Crippen LogP contribution >= 0.6 is 0 Å². The predicted molar refractivity (Wildman–Crippen MR) is 136 cm³/mol. The number of aromatic nitrogens is 1. The Labute approximate surface area is 211 Å². The molecule has 3 rings (SSSR count). The summed E-state index contributed by atoms with van der Waals surface area (Å²) in [6.07, 6.45) is 2.55. The average molecular weight is 498 g/mol. The lowest BCUT2D eigenvalue weighted by Crippen LogP contribution is -2.51. The molecule has 1 aromatic carbocycles. The minimum Gasteiger partial charge on any atom is -0.485 e. The SMILES string of the molecule is CC(C)NC(=O)N(C)C[C@H]1Oc2c(NC(=O)c3ccncc3)cccc2C(=O)N([C@H](C)CO)C[C@@H]1C. The third kappa shape index (κ3) is 6.31. The quantitative estimate of drug-likeness (QED) is 0.540. The van der Waals surface area contributed by atoms with Crippen molar-refractivity contribution < 1.29 is 24.2 Å². The Morgan fingerprint density at radius 1 is 1.22 bits per heavy atom. The molecule has 2 aromatic rings. The summed E-state index contributed by atoms with van der Waals surface area (Å²) in [5, 5.41) is 15.5. The molecular formula is C26H35N5O5. The standard InChI is InChI=1S/C26H35N5O5/c1-16(2)28-26(35)30(5)14-22-17(3)13-31(18(4)15-32)25(34)20-7-6-8-21(23(20)36-22)29-24(33)19-9-11-27-12-10-19/h6-12,16-18,22,32H,13-15H2,1-5H3,(H,28,35)(H,29,33)/t17-,18+,22+/m0/s1. The molecule has 1 aliphatic heterocycles. The number of para-hydroxylation sites is 1. The van der Waals surface area contributed by atoms with Crippen LogP contribution in [0.1, 0.15) is 48.4 Å². The highest BCUT2D eigenvalue weighted by molar-refractivity contribution is 6.07. The van der Waals surface area contributed by atoms with Crippen molar-refractivity contribution in [1.29, 1.82) is 0 Å².